The van der Waals surface area contributed by atoms with E-state index in [1.165, 1.54) is 28.4 Å². The Balaban J connectivity index is 0.00000216. The van der Waals surface area contributed by atoms with Gasteiger partial charge in [0.05, 0.1) is 35.3 Å². The van der Waals surface area contributed by atoms with Crippen LogP contribution in [0.2, 0.25) is 0 Å². The average Bonchev–Trinajstić information content (AvgIpc) is 3.42. The van der Waals surface area contributed by atoms with Crippen LogP contribution in [0.3, 0.4) is 0 Å². The number of thiazole rings is 1. The summed E-state index contributed by atoms with van der Waals surface area (Å²) in [4.78, 5) is 22.7. The lowest BCUT2D eigenvalue weighted by Gasteiger charge is -2.36. The van der Waals surface area contributed by atoms with Gasteiger partial charge in [0.1, 0.15) is 0 Å². The molecule has 2 aliphatic heterocycles. The molecule has 2 aromatic rings. The van der Waals surface area contributed by atoms with Gasteiger partial charge in [-0.05, 0) is 55.5 Å². The summed E-state index contributed by atoms with van der Waals surface area (Å²) in [7, 11) is -3.28. The summed E-state index contributed by atoms with van der Waals surface area (Å²) in [5, 5.41) is 3.44. The molecule has 1 N–H and O–H groups in total. The minimum Gasteiger partial charge on any atom is -0.302 e. The van der Waals surface area contributed by atoms with Gasteiger partial charge in [0.2, 0.25) is 5.91 Å². The number of alkyl halides is 3. The molecule has 0 aliphatic carbocycles. The van der Waals surface area contributed by atoms with Crippen molar-refractivity contribution in [2.45, 2.75) is 77.5 Å². The second-order valence-corrected chi connectivity index (χ2v) is 13.9. The van der Waals surface area contributed by atoms with Crippen molar-refractivity contribution in [3.63, 3.8) is 0 Å². The number of carbonyl (C=O) groups excluding carboxylic acids is 1. The number of halogens is 3. The van der Waals surface area contributed by atoms with Crippen molar-refractivity contribution in [3.05, 3.63) is 40.4 Å². The first-order valence-corrected chi connectivity index (χ1v) is 16.5. The molecule has 1 aromatic heterocycles. The van der Waals surface area contributed by atoms with Crippen molar-refractivity contribution in [2.24, 2.45) is 11.8 Å². The Labute approximate surface area is 240 Å². The Morgan fingerprint density at radius 2 is 1.77 bits per heavy atom. The van der Waals surface area contributed by atoms with E-state index in [9.17, 15) is 26.4 Å². The summed E-state index contributed by atoms with van der Waals surface area (Å²) in [6.45, 7) is 11.5. The first-order chi connectivity index (χ1) is 18.8. The van der Waals surface area contributed by atoms with Gasteiger partial charge in [0.15, 0.2) is 15.0 Å². The lowest BCUT2D eigenvalue weighted by molar-refractivity contribution is -0.148. The molecule has 12 heteroatoms. The third-order valence-corrected chi connectivity index (χ3v) is 9.98. The van der Waals surface area contributed by atoms with Gasteiger partial charge in [0.25, 0.3) is 0 Å². The van der Waals surface area contributed by atoms with Gasteiger partial charge < -0.3 is 5.32 Å². The van der Waals surface area contributed by atoms with Gasteiger partial charge in [-0.15, -0.1) is 11.3 Å². The molecule has 4 rings (SSSR count). The number of anilines is 1. The average molecular weight is 603 g/mol. The van der Waals surface area contributed by atoms with Crippen LogP contribution < -0.4 is 5.32 Å². The summed E-state index contributed by atoms with van der Waals surface area (Å²) in [6, 6.07) is 6.48. The van der Waals surface area contributed by atoms with Crippen LogP contribution in [0.4, 0.5) is 18.3 Å². The van der Waals surface area contributed by atoms with Gasteiger partial charge in [-0.3, -0.25) is 14.6 Å². The Morgan fingerprint density at radius 1 is 1.15 bits per heavy atom. The van der Waals surface area contributed by atoms with E-state index < -0.39 is 22.6 Å². The highest BCUT2D eigenvalue weighted by molar-refractivity contribution is 7.91. The molecule has 1 fully saturated rings. The number of aromatic nitrogens is 1. The van der Waals surface area contributed by atoms with E-state index in [1.807, 2.05) is 13.8 Å². The highest BCUT2D eigenvalue weighted by Gasteiger charge is 2.38. The van der Waals surface area contributed by atoms with E-state index >= 15 is 0 Å². The Morgan fingerprint density at radius 3 is 2.33 bits per heavy atom. The number of likely N-dealkylation sites (tertiary alicyclic amines) is 1. The molecule has 0 bridgehead atoms. The normalized spacial score (nSPS) is 18.9. The molecular formula is C28H41F3N4O3S2. The molecule has 3 heterocycles. The third-order valence-electron chi connectivity index (χ3n) is 7.26. The smallest absolute Gasteiger partial charge is 0.302 e. The number of nitrogens with zero attached hydrogens (tertiary/aromatic N) is 3. The molecular weight excluding hydrogens is 561 g/mol. The van der Waals surface area contributed by atoms with Crippen molar-refractivity contribution in [1.29, 1.82) is 0 Å². The fourth-order valence-corrected chi connectivity index (χ4v) is 7.30. The van der Waals surface area contributed by atoms with Crippen LogP contribution in [-0.2, 0) is 27.6 Å². The SMILES string of the molecule is CC.CCS(=O)(=O)c1ccc(CC(=O)Nc2nc3c(s2)CN(CC2CCN(CC(F)(F)F)CC2)C3C(C)C)cc1. The lowest BCUT2D eigenvalue weighted by atomic mass is 9.94. The zero-order chi connectivity index (χ0) is 29.7. The summed E-state index contributed by atoms with van der Waals surface area (Å²) in [6.07, 6.45) is -2.53. The number of sulfone groups is 1. The molecule has 1 saturated heterocycles. The minimum absolute atomic E-state index is 0.0254. The van der Waals surface area contributed by atoms with E-state index in [-0.39, 0.29) is 29.0 Å². The maximum absolute atomic E-state index is 12.7. The molecule has 0 saturated carbocycles. The molecule has 1 aromatic carbocycles. The standard InChI is InChI=1S/C26H35F3N4O3S2.C2H6/c1-4-38(35,36)20-7-5-18(6-8-20)13-22(34)30-25-31-23-21(37-25)15-33(24(23)17(2)3)14-19-9-11-32(12-10-19)16-26(27,28)29;1-2/h5-8,17,19,24H,4,9-16H2,1-3H3,(H,30,31,34);1-2H3. The molecule has 40 heavy (non-hydrogen) atoms. The summed E-state index contributed by atoms with van der Waals surface area (Å²) in [5.41, 5.74) is 1.69. The molecule has 0 spiro atoms. The fourth-order valence-electron chi connectivity index (χ4n) is 5.38. The van der Waals surface area contributed by atoms with Crippen LogP contribution >= 0.6 is 11.3 Å². The van der Waals surface area contributed by atoms with E-state index in [1.54, 1.807) is 19.1 Å². The number of hydrogen-bond acceptors (Lipinski definition) is 7. The zero-order valence-corrected chi connectivity index (χ0v) is 25.6. The fraction of sp³-hybridized carbons (Fsp3) is 0.643. The molecule has 224 valence electrons. The summed E-state index contributed by atoms with van der Waals surface area (Å²) < 4.78 is 62.1. The Hall–Kier alpha value is -2.02. The third kappa shape index (κ3) is 8.50. The minimum atomic E-state index is -4.15. The number of amides is 1. The van der Waals surface area contributed by atoms with Crippen molar-refractivity contribution in [2.75, 3.05) is 37.2 Å². The van der Waals surface area contributed by atoms with Crippen LogP contribution in [0.25, 0.3) is 0 Å². The molecule has 7 nitrogen and oxygen atoms in total. The predicted molar refractivity (Wildman–Crippen MR) is 153 cm³/mol. The van der Waals surface area contributed by atoms with E-state index in [0.717, 1.165) is 36.5 Å². The van der Waals surface area contributed by atoms with Crippen LogP contribution in [-0.4, -0.2) is 67.2 Å². The highest BCUT2D eigenvalue weighted by Crippen LogP contribution is 2.43. The Bertz CT molecular complexity index is 1220. The zero-order valence-electron chi connectivity index (χ0n) is 23.9. The predicted octanol–water partition coefficient (Wildman–Crippen LogP) is 5.93. The van der Waals surface area contributed by atoms with E-state index in [4.69, 9.17) is 4.98 Å². The largest absolute Gasteiger partial charge is 0.401 e. The number of nitrogens with one attached hydrogen (secondary N) is 1. The lowest BCUT2D eigenvalue weighted by Crippen LogP contribution is -2.42. The van der Waals surface area contributed by atoms with Crippen LogP contribution in [0.1, 0.15) is 69.6 Å². The molecule has 0 radical (unpaired) electrons. The van der Waals surface area contributed by atoms with Crippen LogP contribution in [0.5, 0.6) is 0 Å². The number of hydrogen-bond donors (Lipinski definition) is 1. The first kappa shape index (κ1) is 32.5. The second-order valence-electron chi connectivity index (χ2n) is 10.6. The van der Waals surface area contributed by atoms with Crippen LogP contribution in [0, 0.1) is 11.8 Å². The maximum atomic E-state index is 12.7. The van der Waals surface area contributed by atoms with Crippen molar-refractivity contribution in [3.8, 4) is 0 Å². The van der Waals surface area contributed by atoms with Crippen molar-refractivity contribution >= 4 is 32.2 Å². The van der Waals surface area contributed by atoms with Crippen LogP contribution in [0.15, 0.2) is 29.2 Å². The summed E-state index contributed by atoms with van der Waals surface area (Å²) >= 11 is 1.47. The number of carbonyl (C=O) groups is 1. The summed E-state index contributed by atoms with van der Waals surface area (Å²) in [5.74, 6) is 0.460. The van der Waals surface area contributed by atoms with Gasteiger partial charge in [-0.1, -0.05) is 46.8 Å². The molecule has 1 unspecified atom stereocenters. The number of benzene rings is 1. The van der Waals surface area contributed by atoms with Crippen molar-refractivity contribution < 1.29 is 26.4 Å². The quantitative estimate of drug-likeness (QED) is 0.383. The van der Waals surface area contributed by atoms with E-state index in [0.29, 0.717) is 35.6 Å². The van der Waals surface area contributed by atoms with Gasteiger partial charge >= 0.3 is 6.18 Å². The van der Waals surface area contributed by atoms with Gasteiger partial charge in [0, 0.05) is 18.0 Å². The first-order valence-electron chi connectivity index (χ1n) is 14.0. The topological polar surface area (TPSA) is 82.6 Å². The second kappa shape index (κ2) is 13.8. The van der Waals surface area contributed by atoms with Gasteiger partial charge in [-0.25, -0.2) is 13.4 Å². The number of fused-ring (bicyclic) bond motifs is 1. The van der Waals surface area contributed by atoms with E-state index in [2.05, 4.69) is 24.1 Å². The molecule has 1 atom stereocenters. The van der Waals surface area contributed by atoms with Gasteiger partial charge in [-0.2, -0.15) is 13.2 Å². The monoisotopic (exact) mass is 602 g/mol. The molecule has 2 aliphatic rings. The highest BCUT2D eigenvalue weighted by atomic mass is 32.2. The van der Waals surface area contributed by atoms with Crippen molar-refractivity contribution in [1.82, 2.24) is 14.8 Å². The maximum Gasteiger partial charge on any atom is 0.401 e. The Kier molecular flexibility index (Phi) is 11.2. The molecule has 1 amide bonds. The number of rotatable bonds is 9. The number of piperidine rings is 1.